The second kappa shape index (κ2) is 9.19. The van der Waals surface area contributed by atoms with Crippen molar-refractivity contribution >= 4 is 39.9 Å². The molecule has 0 bridgehead atoms. The maximum absolute atomic E-state index is 12.1. The third kappa shape index (κ3) is 5.01. The van der Waals surface area contributed by atoms with E-state index in [1.807, 2.05) is 0 Å². The van der Waals surface area contributed by atoms with Gasteiger partial charge in [0, 0.05) is 35.6 Å². The number of carbonyl (C=O) groups is 1. The average Bonchev–Trinajstić information content (AvgIpc) is 2.49. The van der Waals surface area contributed by atoms with Crippen LogP contribution in [0.5, 0.6) is 11.5 Å². The lowest BCUT2D eigenvalue weighted by atomic mass is 10.2. The minimum atomic E-state index is -0.0779. The van der Waals surface area contributed by atoms with Gasteiger partial charge in [-0.25, -0.2) is 0 Å². The van der Waals surface area contributed by atoms with Crippen LogP contribution in [0.4, 0.5) is 5.69 Å². The Kier molecular flexibility index (Phi) is 7.95. The highest BCUT2D eigenvalue weighted by Gasteiger charge is 2.18. The van der Waals surface area contributed by atoms with Gasteiger partial charge in [0.25, 0.3) is 0 Å². The molecule has 1 aliphatic heterocycles. The van der Waals surface area contributed by atoms with Crippen LogP contribution >= 0.6 is 28.3 Å². The van der Waals surface area contributed by atoms with Gasteiger partial charge in [0.1, 0.15) is 0 Å². The monoisotopic (exact) mass is 394 g/mol. The number of carbonyl (C=O) groups excluding carboxylic acids is 1. The van der Waals surface area contributed by atoms with Crippen LogP contribution in [0.25, 0.3) is 0 Å². The highest BCUT2D eigenvalue weighted by atomic mass is 79.9. The van der Waals surface area contributed by atoms with Crippen LogP contribution in [-0.4, -0.2) is 45.9 Å². The van der Waals surface area contributed by atoms with Gasteiger partial charge >= 0.3 is 0 Å². The van der Waals surface area contributed by atoms with Crippen LogP contribution in [0.2, 0.25) is 0 Å². The summed E-state index contributed by atoms with van der Waals surface area (Å²) in [6.45, 7) is 2.03. The second-order valence-corrected chi connectivity index (χ2v) is 5.52. The SMILES string of the molecule is COc1cc(Br)c(NC(=O)CC2COCCN2)cc1OC.Cl. The van der Waals surface area contributed by atoms with Crippen LogP contribution in [0, 0.1) is 0 Å². The van der Waals surface area contributed by atoms with Gasteiger partial charge in [-0.15, -0.1) is 12.4 Å². The molecule has 1 atom stereocenters. The van der Waals surface area contributed by atoms with Crippen LogP contribution < -0.4 is 20.1 Å². The summed E-state index contributed by atoms with van der Waals surface area (Å²) in [4.78, 5) is 12.1. The summed E-state index contributed by atoms with van der Waals surface area (Å²) in [7, 11) is 3.12. The fourth-order valence-electron chi connectivity index (χ4n) is 2.13. The van der Waals surface area contributed by atoms with Crippen molar-refractivity contribution in [2.75, 3.05) is 39.3 Å². The molecular weight excluding hydrogens is 376 g/mol. The maximum Gasteiger partial charge on any atom is 0.226 e. The van der Waals surface area contributed by atoms with Crippen molar-refractivity contribution in [1.82, 2.24) is 5.32 Å². The van der Waals surface area contributed by atoms with Gasteiger partial charge in [-0.2, -0.15) is 0 Å². The highest BCUT2D eigenvalue weighted by Crippen LogP contribution is 2.36. The number of ether oxygens (including phenoxy) is 3. The molecule has 1 aromatic carbocycles. The van der Waals surface area contributed by atoms with E-state index in [0.717, 1.165) is 11.0 Å². The van der Waals surface area contributed by atoms with E-state index in [9.17, 15) is 4.79 Å². The Morgan fingerprint density at radius 1 is 1.41 bits per heavy atom. The molecule has 1 aromatic rings. The molecule has 1 heterocycles. The van der Waals surface area contributed by atoms with E-state index in [4.69, 9.17) is 14.2 Å². The Morgan fingerprint density at radius 3 is 2.68 bits per heavy atom. The summed E-state index contributed by atoms with van der Waals surface area (Å²) in [5.74, 6) is 1.09. The number of benzene rings is 1. The third-order valence-corrected chi connectivity index (χ3v) is 3.83. The molecule has 2 rings (SSSR count). The molecule has 0 aromatic heterocycles. The van der Waals surface area contributed by atoms with E-state index in [0.29, 0.717) is 36.8 Å². The Hall–Kier alpha value is -1.02. The average molecular weight is 396 g/mol. The first kappa shape index (κ1) is 19.0. The summed E-state index contributed by atoms with van der Waals surface area (Å²) in [5.41, 5.74) is 0.648. The molecule has 0 aliphatic carbocycles. The van der Waals surface area contributed by atoms with Gasteiger partial charge in [-0.05, 0) is 15.9 Å². The number of rotatable bonds is 5. The number of methoxy groups -OCH3 is 2. The smallest absolute Gasteiger partial charge is 0.226 e. The van der Waals surface area contributed by atoms with Crippen LogP contribution in [0.15, 0.2) is 16.6 Å². The first-order chi connectivity index (χ1) is 10.1. The molecule has 1 fully saturated rings. The molecule has 124 valence electrons. The predicted octanol–water partition coefficient (Wildman–Crippen LogP) is 2.21. The zero-order chi connectivity index (χ0) is 15.2. The molecule has 1 amide bonds. The lowest BCUT2D eigenvalue weighted by molar-refractivity contribution is -0.117. The van der Waals surface area contributed by atoms with Crippen molar-refractivity contribution in [2.24, 2.45) is 0 Å². The first-order valence-corrected chi connectivity index (χ1v) is 7.46. The number of hydrogen-bond acceptors (Lipinski definition) is 5. The molecule has 1 unspecified atom stereocenters. The second-order valence-electron chi connectivity index (χ2n) is 4.67. The van der Waals surface area contributed by atoms with Gasteiger partial charge < -0.3 is 24.8 Å². The summed E-state index contributed by atoms with van der Waals surface area (Å²) >= 11 is 3.41. The van der Waals surface area contributed by atoms with Crippen molar-refractivity contribution in [3.05, 3.63) is 16.6 Å². The fourth-order valence-corrected chi connectivity index (χ4v) is 2.55. The summed E-state index contributed by atoms with van der Waals surface area (Å²) in [6.07, 6.45) is 0.362. The first-order valence-electron chi connectivity index (χ1n) is 6.66. The molecule has 0 spiro atoms. The zero-order valence-electron chi connectivity index (χ0n) is 12.5. The minimum Gasteiger partial charge on any atom is -0.493 e. The normalized spacial score (nSPS) is 17.3. The fraction of sp³-hybridized carbons (Fsp3) is 0.500. The lowest BCUT2D eigenvalue weighted by Gasteiger charge is -2.23. The largest absolute Gasteiger partial charge is 0.493 e. The molecule has 6 nitrogen and oxygen atoms in total. The maximum atomic E-state index is 12.1. The molecule has 0 saturated carbocycles. The van der Waals surface area contributed by atoms with Gasteiger partial charge in [0.2, 0.25) is 5.91 Å². The molecule has 8 heteroatoms. The van der Waals surface area contributed by atoms with Gasteiger partial charge in [-0.3, -0.25) is 4.79 Å². The van der Waals surface area contributed by atoms with Crippen LogP contribution in [0.1, 0.15) is 6.42 Å². The van der Waals surface area contributed by atoms with Crippen LogP contribution in [0.3, 0.4) is 0 Å². The lowest BCUT2D eigenvalue weighted by Crippen LogP contribution is -2.43. The standard InChI is InChI=1S/C14H19BrN2O4.ClH/c1-19-12-6-10(15)11(7-13(12)20-2)17-14(18)5-9-8-21-4-3-16-9;/h6-7,9,16H,3-5,8H2,1-2H3,(H,17,18);1H. The highest BCUT2D eigenvalue weighted by molar-refractivity contribution is 9.10. The van der Waals surface area contributed by atoms with E-state index in [1.54, 1.807) is 26.4 Å². The van der Waals surface area contributed by atoms with Gasteiger partial charge in [-0.1, -0.05) is 0 Å². The Balaban J connectivity index is 0.00000242. The third-order valence-electron chi connectivity index (χ3n) is 3.18. The molecule has 1 aliphatic rings. The molecule has 1 saturated heterocycles. The zero-order valence-corrected chi connectivity index (χ0v) is 14.9. The summed E-state index contributed by atoms with van der Waals surface area (Å²) in [6, 6.07) is 3.54. The van der Waals surface area contributed by atoms with E-state index in [2.05, 4.69) is 26.6 Å². The van der Waals surface area contributed by atoms with Gasteiger partial charge in [0.15, 0.2) is 11.5 Å². The summed E-state index contributed by atoms with van der Waals surface area (Å²) in [5, 5.41) is 6.12. The number of halogens is 2. The number of nitrogens with one attached hydrogen (secondary N) is 2. The topological polar surface area (TPSA) is 68.8 Å². The Labute approximate surface area is 144 Å². The quantitative estimate of drug-likeness (QED) is 0.800. The van der Waals surface area contributed by atoms with Crippen molar-refractivity contribution in [1.29, 1.82) is 0 Å². The molecular formula is C14H20BrClN2O4. The number of anilines is 1. The van der Waals surface area contributed by atoms with E-state index >= 15 is 0 Å². The number of morpholine rings is 1. The number of amides is 1. The molecule has 22 heavy (non-hydrogen) atoms. The minimum absolute atomic E-state index is 0. The van der Waals surface area contributed by atoms with Crippen LogP contribution in [-0.2, 0) is 9.53 Å². The van der Waals surface area contributed by atoms with E-state index < -0.39 is 0 Å². The molecule has 2 N–H and O–H groups in total. The van der Waals surface area contributed by atoms with Gasteiger partial charge in [0.05, 0.1) is 33.1 Å². The predicted molar refractivity (Wildman–Crippen MR) is 90.4 cm³/mol. The Bertz CT molecular complexity index is 510. The molecule has 0 radical (unpaired) electrons. The van der Waals surface area contributed by atoms with E-state index in [-0.39, 0.29) is 24.4 Å². The number of hydrogen-bond donors (Lipinski definition) is 2. The van der Waals surface area contributed by atoms with Crippen molar-refractivity contribution < 1.29 is 19.0 Å². The van der Waals surface area contributed by atoms with Crippen molar-refractivity contribution in [3.63, 3.8) is 0 Å². The van der Waals surface area contributed by atoms with Crippen molar-refractivity contribution in [2.45, 2.75) is 12.5 Å². The Morgan fingerprint density at radius 2 is 2.09 bits per heavy atom. The van der Waals surface area contributed by atoms with Crippen molar-refractivity contribution in [3.8, 4) is 11.5 Å². The summed E-state index contributed by atoms with van der Waals surface area (Å²) < 4.78 is 16.5. The van der Waals surface area contributed by atoms with E-state index in [1.165, 1.54) is 0 Å².